The van der Waals surface area contributed by atoms with Gasteiger partial charge in [-0.2, -0.15) is 5.26 Å². The second-order valence-corrected chi connectivity index (χ2v) is 7.51. The SMILES string of the molecule is CCC1CCC(C#N)C(N2CCN(CC(C)(C)O)CC2)C1. The molecule has 0 spiro atoms. The van der Waals surface area contributed by atoms with Crippen molar-refractivity contribution >= 4 is 0 Å². The van der Waals surface area contributed by atoms with Gasteiger partial charge >= 0.3 is 0 Å². The third-order valence-corrected chi connectivity index (χ3v) is 5.15. The molecule has 0 amide bonds. The average molecular weight is 293 g/mol. The predicted molar refractivity (Wildman–Crippen MR) is 84.8 cm³/mol. The maximum absolute atomic E-state index is 9.93. The van der Waals surface area contributed by atoms with Crippen LogP contribution in [-0.2, 0) is 0 Å². The van der Waals surface area contributed by atoms with Crippen molar-refractivity contribution in [2.45, 2.75) is 58.1 Å². The Labute approximate surface area is 129 Å². The topological polar surface area (TPSA) is 50.5 Å². The van der Waals surface area contributed by atoms with Gasteiger partial charge in [0.2, 0.25) is 0 Å². The zero-order valence-corrected chi connectivity index (χ0v) is 13.9. The fourth-order valence-corrected chi connectivity index (χ4v) is 3.96. The standard InChI is InChI=1S/C17H31N3O/c1-4-14-5-6-15(12-18)16(11-14)20-9-7-19(8-10-20)13-17(2,3)21/h14-16,21H,4-11,13H2,1-3H3. The summed E-state index contributed by atoms with van der Waals surface area (Å²) in [4.78, 5) is 4.88. The molecule has 2 aliphatic rings. The third-order valence-electron chi connectivity index (χ3n) is 5.15. The molecule has 120 valence electrons. The fraction of sp³-hybridized carbons (Fsp3) is 0.941. The van der Waals surface area contributed by atoms with Crippen LogP contribution in [0.4, 0.5) is 0 Å². The van der Waals surface area contributed by atoms with Gasteiger partial charge in [0.1, 0.15) is 0 Å². The van der Waals surface area contributed by atoms with Gasteiger partial charge in [-0.3, -0.25) is 9.80 Å². The van der Waals surface area contributed by atoms with E-state index in [2.05, 4.69) is 22.8 Å². The molecule has 4 nitrogen and oxygen atoms in total. The van der Waals surface area contributed by atoms with Crippen molar-refractivity contribution in [2.75, 3.05) is 32.7 Å². The van der Waals surface area contributed by atoms with E-state index in [9.17, 15) is 10.4 Å². The molecule has 1 aliphatic heterocycles. The van der Waals surface area contributed by atoms with E-state index >= 15 is 0 Å². The molecular weight excluding hydrogens is 262 g/mol. The lowest BCUT2D eigenvalue weighted by molar-refractivity contribution is -0.000168. The molecule has 0 radical (unpaired) electrons. The minimum absolute atomic E-state index is 0.216. The van der Waals surface area contributed by atoms with Crippen LogP contribution in [-0.4, -0.2) is 59.3 Å². The number of hydrogen-bond donors (Lipinski definition) is 1. The number of β-amino-alcohol motifs (C(OH)–C–C–N with tert-alkyl or cyclic N) is 1. The van der Waals surface area contributed by atoms with E-state index in [1.54, 1.807) is 0 Å². The zero-order chi connectivity index (χ0) is 15.5. The highest BCUT2D eigenvalue weighted by atomic mass is 16.3. The summed E-state index contributed by atoms with van der Waals surface area (Å²) in [5.41, 5.74) is -0.616. The van der Waals surface area contributed by atoms with Gasteiger partial charge in [0, 0.05) is 38.8 Å². The summed E-state index contributed by atoms with van der Waals surface area (Å²) in [6.07, 6.45) is 4.74. The quantitative estimate of drug-likeness (QED) is 0.862. The first-order valence-electron chi connectivity index (χ1n) is 8.51. The van der Waals surface area contributed by atoms with Crippen LogP contribution in [0.15, 0.2) is 0 Å². The van der Waals surface area contributed by atoms with Crippen LogP contribution in [0.3, 0.4) is 0 Å². The maximum atomic E-state index is 9.93. The average Bonchev–Trinajstić information content (AvgIpc) is 2.45. The van der Waals surface area contributed by atoms with Crippen LogP contribution in [0, 0.1) is 23.2 Å². The Morgan fingerprint density at radius 1 is 1.19 bits per heavy atom. The molecular formula is C17H31N3O. The Morgan fingerprint density at radius 2 is 1.86 bits per heavy atom. The predicted octanol–water partition coefficient (Wildman–Crippen LogP) is 2.09. The van der Waals surface area contributed by atoms with E-state index in [-0.39, 0.29) is 5.92 Å². The highest BCUT2D eigenvalue weighted by Gasteiger charge is 2.35. The van der Waals surface area contributed by atoms with Crippen molar-refractivity contribution in [3.8, 4) is 6.07 Å². The van der Waals surface area contributed by atoms with E-state index in [0.29, 0.717) is 6.04 Å². The second-order valence-electron chi connectivity index (χ2n) is 7.51. The van der Waals surface area contributed by atoms with Crippen molar-refractivity contribution < 1.29 is 5.11 Å². The first-order valence-corrected chi connectivity index (χ1v) is 8.51. The first kappa shape index (κ1) is 16.7. The van der Waals surface area contributed by atoms with Crippen molar-refractivity contribution in [3.05, 3.63) is 0 Å². The van der Waals surface area contributed by atoms with Gasteiger partial charge in [0.05, 0.1) is 17.6 Å². The van der Waals surface area contributed by atoms with Gasteiger partial charge in [0.15, 0.2) is 0 Å². The summed E-state index contributed by atoms with van der Waals surface area (Å²) in [6, 6.07) is 3.01. The molecule has 4 heteroatoms. The van der Waals surface area contributed by atoms with E-state index in [1.165, 1.54) is 19.3 Å². The Bertz CT molecular complexity index is 363. The third kappa shape index (κ3) is 4.67. The number of nitriles is 1. The lowest BCUT2D eigenvalue weighted by Gasteiger charge is -2.45. The number of aliphatic hydroxyl groups is 1. The fourth-order valence-electron chi connectivity index (χ4n) is 3.96. The normalized spacial score (nSPS) is 32.8. The summed E-state index contributed by atoms with van der Waals surface area (Å²) in [5, 5.41) is 19.4. The summed E-state index contributed by atoms with van der Waals surface area (Å²) in [6.45, 7) is 10.9. The molecule has 1 saturated heterocycles. The van der Waals surface area contributed by atoms with Crippen molar-refractivity contribution in [1.82, 2.24) is 9.80 Å². The second kappa shape index (κ2) is 7.09. The van der Waals surface area contributed by atoms with Crippen LogP contribution >= 0.6 is 0 Å². The van der Waals surface area contributed by atoms with Crippen molar-refractivity contribution in [2.24, 2.45) is 11.8 Å². The van der Waals surface area contributed by atoms with Gasteiger partial charge in [-0.15, -0.1) is 0 Å². The molecule has 1 N–H and O–H groups in total. The monoisotopic (exact) mass is 293 g/mol. The summed E-state index contributed by atoms with van der Waals surface area (Å²) in [7, 11) is 0. The molecule has 2 fully saturated rings. The number of nitrogens with zero attached hydrogens (tertiary/aromatic N) is 3. The summed E-state index contributed by atoms with van der Waals surface area (Å²) < 4.78 is 0. The molecule has 1 saturated carbocycles. The molecule has 0 bridgehead atoms. The van der Waals surface area contributed by atoms with Crippen LogP contribution in [0.5, 0.6) is 0 Å². The van der Waals surface area contributed by atoms with Gasteiger partial charge < -0.3 is 5.11 Å². The molecule has 0 aromatic rings. The lowest BCUT2D eigenvalue weighted by Crippen LogP contribution is -2.55. The van der Waals surface area contributed by atoms with E-state index in [1.807, 2.05) is 13.8 Å². The van der Waals surface area contributed by atoms with Gasteiger partial charge in [-0.05, 0) is 39.0 Å². The lowest BCUT2D eigenvalue weighted by atomic mass is 9.77. The van der Waals surface area contributed by atoms with E-state index < -0.39 is 5.60 Å². The van der Waals surface area contributed by atoms with E-state index in [4.69, 9.17) is 0 Å². The molecule has 1 aliphatic carbocycles. The first-order chi connectivity index (χ1) is 9.93. The molecule has 21 heavy (non-hydrogen) atoms. The summed E-state index contributed by atoms with van der Waals surface area (Å²) in [5.74, 6) is 1.02. The number of piperazine rings is 1. The van der Waals surface area contributed by atoms with Gasteiger partial charge in [0.25, 0.3) is 0 Å². The molecule has 2 rings (SSSR count). The highest BCUT2D eigenvalue weighted by Crippen LogP contribution is 2.34. The Balaban J connectivity index is 1.89. The van der Waals surface area contributed by atoms with E-state index in [0.717, 1.165) is 45.1 Å². The highest BCUT2D eigenvalue weighted by molar-refractivity contribution is 4.98. The molecule has 3 unspecified atom stereocenters. The minimum Gasteiger partial charge on any atom is -0.389 e. The number of rotatable bonds is 4. The molecule has 0 aromatic carbocycles. The van der Waals surface area contributed by atoms with Gasteiger partial charge in [-0.1, -0.05) is 13.3 Å². The minimum atomic E-state index is -0.616. The molecule has 0 aromatic heterocycles. The summed E-state index contributed by atoms with van der Waals surface area (Å²) >= 11 is 0. The maximum Gasteiger partial charge on any atom is 0.0718 e. The van der Waals surface area contributed by atoms with Crippen LogP contribution < -0.4 is 0 Å². The van der Waals surface area contributed by atoms with Crippen LogP contribution in [0.1, 0.15) is 46.5 Å². The Kier molecular flexibility index (Phi) is 5.65. The van der Waals surface area contributed by atoms with Crippen molar-refractivity contribution in [1.29, 1.82) is 5.26 Å². The van der Waals surface area contributed by atoms with Crippen molar-refractivity contribution in [3.63, 3.8) is 0 Å². The molecule has 1 heterocycles. The zero-order valence-electron chi connectivity index (χ0n) is 13.9. The largest absolute Gasteiger partial charge is 0.389 e. The number of hydrogen-bond acceptors (Lipinski definition) is 4. The van der Waals surface area contributed by atoms with Crippen LogP contribution in [0.25, 0.3) is 0 Å². The Hall–Kier alpha value is -0.630. The van der Waals surface area contributed by atoms with Crippen LogP contribution in [0.2, 0.25) is 0 Å². The molecule has 3 atom stereocenters. The Morgan fingerprint density at radius 3 is 2.38 bits per heavy atom. The smallest absolute Gasteiger partial charge is 0.0718 e. The van der Waals surface area contributed by atoms with Gasteiger partial charge in [-0.25, -0.2) is 0 Å².